The molecule has 3 amide bonds. The maximum Gasteiger partial charge on any atom is 0.327 e. The van der Waals surface area contributed by atoms with Gasteiger partial charge in [0.1, 0.15) is 18.1 Å². The van der Waals surface area contributed by atoms with Crippen LogP contribution in [0.2, 0.25) is 0 Å². The lowest BCUT2D eigenvalue weighted by molar-refractivity contribution is -0.142. The molecule has 0 radical (unpaired) electrons. The highest BCUT2D eigenvalue weighted by Crippen LogP contribution is 2.10. The fourth-order valence-corrected chi connectivity index (χ4v) is 2.55. The lowest BCUT2D eigenvalue weighted by atomic mass is 9.97. The number of rotatable bonds is 12. The molecule has 0 saturated heterocycles. The molecule has 0 heterocycles. The molecule has 0 aliphatic heterocycles. The van der Waals surface area contributed by atoms with Crippen LogP contribution in [0.5, 0.6) is 0 Å². The van der Waals surface area contributed by atoms with E-state index in [1.54, 1.807) is 13.8 Å². The summed E-state index contributed by atoms with van der Waals surface area (Å²) in [5.74, 6) is -3.87. The SMILES string of the molecule is CCC(C)C(NC(=O)C(NC(=O)C(N)CS)C(C)O)C(=O)NC(CS)C(=O)O. The third-order valence-electron chi connectivity index (χ3n) is 4.19. The minimum atomic E-state index is -1.35. The van der Waals surface area contributed by atoms with Gasteiger partial charge in [-0.3, -0.25) is 14.4 Å². The lowest BCUT2D eigenvalue weighted by Gasteiger charge is -2.28. The highest BCUT2D eigenvalue weighted by molar-refractivity contribution is 7.80. The minimum Gasteiger partial charge on any atom is -0.480 e. The van der Waals surface area contributed by atoms with Crippen LogP contribution in [-0.4, -0.2) is 75.7 Å². The summed E-state index contributed by atoms with van der Waals surface area (Å²) in [6, 6.07) is -4.62. The molecule has 6 atom stereocenters. The van der Waals surface area contributed by atoms with Gasteiger partial charge in [0.05, 0.1) is 12.1 Å². The van der Waals surface area contributed by atoms with E-state index in [2.05, 4.69) is 41.2 Å². The van der Waals surface area contributed by atoms with Crippen molar-refractivity contribution < 1.29 is 29.4 Å². The Morgan fingerprint density at radius 3 is 1.82 bits per heavy atom. The first-order chi connectivity index (χ1) is 13.0. The van der Waals surface area contributed by atoms with Crippen molar-refractivity contribution in [3.05, 3.63) is 0 Å². The summed E-state index contributed by atoms with van der Waals surface area (Å²) in [4.78, 5) is 48.2. The first-order valence-electron chi connectivity index (χ1n) is 8.79. The Morgan fingerprint density at radius 1 is 0.929 bits per heavy atom. The Kier molecular flexibility index (Phi) is 12.2. The van der Waals surface area contributed by atoms with Gasteiger partial charge in [-0.05, 0) is 12.8 Å². The van der Waals surface area contributed by atoms with Crippen molar-refractivity contribution in [2.75, 3.05) is 11.5 Å². The average Bonchev–Trinajstić information content (AvgIpc) is 2.65. The zero-order chi connectivity index (χ0) is 22.0. The maximum absolute atomic E-state index is 12.6. The molecular formula is C16H30N4O6S2. The number of aliphatic hydroxyl groups is 1. The van der Waals surface area contributed by atoms with Crippen LogP contribution in [0.1, 0.15) is 27.2 Å². The van der Waals surface area contributed by atoms with E-state index in [1.165, 1.54) is 6.92 Å². The van der Waals surface area contributed by atoms with Gasteiger partial charge in [-0.25, -0.2) is 4.79 Å². The van der Waals surface area contributed by atoms with E-state index in [0.717, 1.165) is 0 Å². The standard InChI is InChI=1S/C16H30N4O6S2/c1-4-7(2)11(14(23)18-10(6-28)16(25)26)19-15(24)12(8(3)21)20-13(22)9(17)5-27/h7-12,21,27-28H,4-6,17H2,1-3H3,(H,18,23)(H,19,24)(H,20,22)(H,25,26). The van der Waals surface area contributed by atoms with Gasteiger partial charge >= 0.3 is 5.97 Å². The van der Waals surface area contributed by atoms with E-state index >= 15 is 0 Å². The molecular weight excluding hydrogens is 408 g/mol. The van der Waals surface area contributed by atoms with Gasteiger partial charge in [-0.1, -0.05) is 20.3 Å². The number of amides is 3. The Bertz CT molecular complexity index is 563. The number of aliphatic hydroxyl groups excluding tert-OH is 1. The quantitative estimate of drug-likeness (QED) is 0.165. The molecule has 7 N–H and O–H groups in total. The van der Waals surface area contributed by atoms with Crippen LogP contribution >= 0.6 is 25.3 Å². The van der Waals surface area contributed by atoms with Gasteiger partial charge in [0.2, 0.25) is 17.7 Å². The summed E-state index contributed by atoms with van der Waals surface area (Å²) in [7, 11) is 0. The summed E-state index contributed by atoms with van der Waals surface area (Å²) in [5, 5.41) is 26.0. The number of carboxylic acids is 1. The van der Waals surface area contributed by atoms with E-state index in [0.29, 0.717) is 6.42 Å². The number of hydrogen-bond donors (Lipinski definition) is 8. The third-order valence-corrected chi connectivity index (χ3v) is 4.95. The van der Waals surface area contributed by atoms with Crippen molar-refractivity contribution in [3.8, 4) is 0 Å². The highest BCUT2D eigenvalue weighted by Gasteiger charge is 2.34. The van der Waals surface area contributed by atoms with Gasteiger partial charge in [0.25, 0.3) is 0 Å². The summed E-state index contributed by atoms with van der Waals surface area (Å²) < 4.78 is 0. The molecule has 12 heteroatoms. The van der Waals surface area contributed by atoms with Crippen molar-refractivity contribution in [2.24, 2.45) is 11.7 Å². The van der Waals surface area contributed by atoms with E-state index < -0.39 is 54.0 Å². The summed E-state index contributed by atoms with van der Waals surface area (Å²) in [6.45, 7) is 4.80. The molecule has 0 spiro atoms. The Morgan fingerprint density at radius 2 is 1.43 bits per heavy atom. The van der Waals surface area contributed by atoms with Gasteiger partial charge in [0, 0.05) is 11.5 Å². The van der Waals surface area contributed by atoms with Gasteiger partial charge in [-0.15, -0.1) is 0 Å². The Hall–Kier alpha value is -1.50. The molecule has 162 valence electrons. The molecule has 0 bridgehead atoms. The predicted octanol–water partition coefficient (Wildman–Crippen LogP) is -1.86. The molecule has 0 aliphatic carbocycles. The molecule has 0 aromatic heterocycles. The van der Waals surface area contributed by atoms with Crippen molar-refractivity contribution in [1.29, 1.82) is 0 Å². The summed E-state index contributed by atoms with van der Waals surface area (Å²) in [5.41, 5.74) is 5.55. The lowest BCUT2D eigenvalue weighted by Crippen LogP contribution is -2.61. The van der Waals surface area contributed by atoms with Crippen molar-refractivity contribution in [1.82, 2.24) is 16.0 Å². The van der Waals surface area contributed by atoms with Gasteiger partial charge < -0.3 is 31.9 Å². The average molecular weight is 439 g/mol. The Balaban J connectivity index is 5.37. The van der Waals surface area contributed by atoms with Crippen LogP contribution in [-0.2, 0) is 19.2 Å². The number of thiol groups is 2. The fourth-order valence-electron chi connectivity index (χ4n) is 2.14. The number of carbonyl (C=O) groups excluding carboxylic acids is 3. The zero-order valence-corrected chi connectivity index (χ0v) is 17.9. The second-order valence-electron chi connectivity index (χ2n) is 6.47. The number of carbonyl (C=O) groups is 4. The van der Waals surface area contributed by atoms with Crippen LogP contribution < -0.4 is 21.7 Å². The van der Waals surface area contributed by atoms with Crippen LogP contribution in [0.15, 0.2) is 0 Å². The number of carboxylic acid groups (broad SMARTS) is 1. The van der Waals surface area contributed by atoms with Gasteiger partial charge in [-0.2, -0.15) is 25.3 Å². The maximum atomic E-state index is 12.6. The Labute approximate surface area is 175 Å². The summed E-state index contributed by atoms with van der Waals surface area (Å²) >= 11 is 7.79. The number of hydrogen-bond acceptors (Lipinski definition) is 8. The van der Waals surface area contributed by atoms with E-state index in [1.807, 2.05) is 0 Å². The van der Waals surface area contributed by atoms with Crippen LogP contribution in [0.3, 0.4) is 0 Å². The molecule has 10 nitrogen and oxygen atoms in total. The molecule has 0 fully saturated rings. The second-order valence-corrected chi connectivity index (χ2v) is 7.20. The molecule has 28 heavy (non-hydrogen) atoms. The topological polar surface area (TPSA) is 171 Å². The van der Waals surface area contributed by atoms with Crippen LogP contribution in [0.4, 0.5) is 0 Å². The molecule has 0 rings (SSSR count). The number of nitrogens with one attached hydrogen (secondary N) is 3. The van der Waals surface area contributed by atoms with Crippen molar-refractivity contribution in [2.45, 2.75) is 57.5 Å². The molecule has 6 unspecified atom stereocenters. The minimum absolute atomic E-state index is 0.0399. The van der Waals surface area contributed by atoms with Crippen LogP contribution in [0, 0.1) is 5.92 Å². The van der Waals surface area contributed by atoms with E-state index in [9.17, 15) is 24.3 Å². The van der Waals surface area contributed by atoms with Crippen molar-refractivity contribution in [3.63, 3.8) is 0 Å². The van der Waals surface area contributed by atoms with E-state index in [-0.39, 0.29) is 17.4 Å². The predicted molar refractivity (Wildman–Crippen MR) is 110 cm³/mol. The van der Waals surface area contributed by atoms with E-state index in [4.69, 9.17) is 10.8 Å². The molecule has 0 saturated carbocycles. The van der Waals surface area contributed by atoms with Gasteiger partial charge in [0.15, 0.2) is 0 Å². The molecule has 0 aromatic carbocycles. The largest absolute Gasteiger partial charge is 0.480 e. The summed E-state index contributed by atoms with van der Waals surface area (Å²) in [6.07, 6.45) is -0.756. The third kappa shape index (κ3) is 8.25. The second kappa shape index (κ2) is 12.9. The molecule has 0 aliphatic rings. The highest BCUT2D eigenvalue weighted by atomic mass is 32.1. The molecule has 0 aromatic rings. The first-order valence-corrected chi connectivity index (χ1v) is 10.1. The monoisotopic (exact) mass is 438 g/mol. The zero-order valence-electron chi connectivity index (χ0n) is 16.1. The van der Waals surface area contributed by atoms with Crippen molar-refractivity contribution >= 4 is 48.9 Å². The first kappa shape index (κ1) is 26.5. The number of aliphatic carboxylic acids is 1. The smallest absolute Gasteiger partial charge is 0.327 e. The normalized spacial score (nSPS) is 17.4. The fraction of sp³-hybridized carbons (Fsp3) is 0.750. The van der Waals surface area contributed by atoms with Crippen LogP contribution in [0.25, 0.3) is 0 Å². The number of nitrogens with two attached hydrogens (primary N) is 1.